The fourth-order valence-corrected chi connectivity index (χ4v) is 6.17. The number of Topliss-reactive ketones (excluding diaryl/α,β-unsaturated/α-hetero) is 1. The molecule has 158 valence electrons. The molecule has 7 heteroatoms. The number of nitrogens with one attached hydrogen (secondary N) is 2. The summed E-state index contributed by atoms with van der Waals surface area (Å²) in [6.07, 6.45) is 6.95. The number of anilines is 1. The highest BCUT2D eigenvalue weighted by atomic mass is 16.5. The molecular weight excluding hydrogens is 384 g/mol. The molecule has 4 saturated carbocycles. The van der Waals surface area contributed by atoms with E-state index in [0.717, 1.165) is 19.3 Å². The summed E-state index contributed by atoms with van der Waals surface area (Å²) in [5.74, 6) is 0.612. The summed E-state index contributed by atoms with van der Waals surface area (Å²) in [5.41, 5.74) is 0.373. The van der Waals surface area contributed by atoms with E-state index >= 15 is 0 Å². The first-order valence-electron chi connectivity index (χ1n) is 10.7. The normalized spacial score (nSPS) is 31.5. The van der Waals surface area contributed by atoms with Crippen molar-refractivity contribution >= 4 is 23.3 Å². The molecule has 1 heterocycles. The van der Waals surface area contributed by atoms with E-state index in [1.165, 1.54) is 19.3 Å². The van der Waals surface area contributed by atoms with Crippen LogP contribution in [0.1, 0.15) is 38.5 Å². The lowest BCUT2D eigenvalue weighted by Gasteiger charge is -2.56. The first-order valence-corrected chi connectivity index (χ1v) is 10.7. The number of esters is 1. The van der Waals surface area contributed by atoms with Gasteiger partial charge in [0.25, 0.3) is 5.91 Å². The maximum Gasteiger partial charge on any atom is 0.347 e. The van der Waals surface area contributed by atoms with Crippen LogP contribution < -0.4 is 10.6 Å². The Morgan fingerprint density at radius 3 is 2.30 bits per heavy atom. The van der Waals surface area contributed by atoms with E-state index < -0.39 is 18.4 Å². The van der Waals surface area contributed by atoms with Crippen molar-refractivity contribution in [1.82, 2.24) is 5.32 Å². The van der Waals surface area contributed by atoms with Gasteiger partial charge in [-0.2, -0.15) is 0 Å². The molecule has 0 atom stereocenters. The van der Waals surface area contributed by atoms with Gasteiger partial charge in [-0.3, -0.25) is 9.59 Å². The van der Waals surface area contributed by atoms with Crippen LogP contribution in [0.15, 0.2) is 41.8 Å². The molecule has 5 aliphatic rings. The number of ether oxygens (including phenoxy) is 2. The highest BCUT2D eigenvalue weighted by Crippen LogP contribution is 2.55. The van der Waals surface area contributed by atoms with Gasteiger partial charge in [0.15, 0.2) is 18.8 Å². The van der Waals surface area contributed by atoms with Crippen LogP contribution in [-0.4, -0.2) is 36.4 Å². The number of para-hydroxylation sites is 1. The Bertz CT molecular complexity index is 872. The summed E-state index contributed by atoms with van der Waals surface area (Å²) in [6, 6.07) is 9.10. The predicted octanol–water partition coefficient (Wildman–Crippen LogP) is 2.54. The highest BCUT2D eigenvalue weighted by molar-refractivity contribution is 6.20. The zero-order valence-electron chi connectivity index (χ0n) is 16.8. The van der Waals surface area contributed by atoms with Crippen LogP contribution in [-0.2, 0) is 23.9 Å². The van der Waals surface area contributed by atoms with Gasteiger partial charge < -0.3 is 20.1 Å². The lowest BCUT2D eigenvalue weighted by Crippen LogP contribution is -2.60. The SMILES string of the molecule is O=C(COC(=O)C1=C(Nc2ccccc2)OCC1=O)NC12CC3CC(CC(C3)C1)C2. The first kappa shape index (κ1) is 19.2. The molecule has 2 N–H and O–H groups in total. The third kappa shape index (κ3) is 3.68. The number of hydrogen-bond acceptors (Lipinski definition) is 6. The Morgan fingerprint density at radius 2 is 1.67 bits per heavy atom. The molecule has 30 heavy (non-hydrogen) atoms. The molecule has 0 saturated heterocycles. The van der Waals surface area contributed by atoms with Crippen LogP contribution >= 0.6 is 0 Å². The van der Waals surface area contributed by atoms with Gasteiger partial charge >= 0.3 is 5.97 Å². The molecular formula is C23H26N2O5. The molecule has 4 fully saturated rings. The van der Waals surface area contributed by atoms with E-state index in [1.807, 2.05) is 18.2 Å². The van der Waals surface area contributed by atoms with Crippen molar-refractivity contribution in [3.8, 4) is 0 Å². The van der Waals surface area contributed by atoms with Gasteiger partial charge in [-0.15, -0.1) is 0 Å². The minimum absolute atomic E-state index is 0.0673. The summed E-state index contributed by atoms with van der Waals surface area (Å²) in [7, 11) is 0. The van der Waals surface area contributed by atoms with E-state index in [0.29, 0.717) is 23.4 Å². The minimum atomic E-state index is -0.836. The average Bonchev–Trinajstić information content (AvgIpc) is 3.05. The summed E-state index contributed by atoms with van der Waals surface area (Å²) >= 11 is 0. The lowest BCUT2D eigenvalue weighted by atomic mass is 9.53. The molecule has 1 aromatic carbocycles. The Balaban J connectivity index is 1.20. The number of benzene rings is 1. The Morgan fingerprint density at radius 1 is 1.03 bits per heavy atom. The van der Waals surface area contributed by atoms with Crippen molar-refractivity contribution in [1.29, 1.82) is 0 Å². The zero-order valence-corrected chi connectivity index (χ0v) is 16.8. The third-order valence-electron chi connectivity index (χ3n) is 6.87. The highest BCUT2D eigenvalue weighted by Gasteiger charge is 2.51. The van der Waals surface area contributed by atoms with Gasteiger partial charge in [0, 0.05) is 11.2 Å². The molecule has 0 aromatic heterocycles. The zero-order chi connectivity index (χ0) is 20.7. The smallest absolute Gasteiger partial charge is 0.347 e. The Labute approximate surface area is 175 Å². The Kier molecular flexibility index (Phi) is 4.76. The molecule has 1 amide bonds. The number of carbonyl (C=O) groups excluding carboxylic acids is 3. The van der Waals surface area contributed by atoms with Gasteiger partial charge in [-0.25, -0.2) is 4.79 Å². The summed E-state index contributed by atoms with van der Waals surface area (Å²) in [4.78, 5) is 37.2. The van der Waals surface area contributed by atoms with E-state index in [9.17, 15) is 14.4 Å². The molecule has 1 aliphatic heterocycles. The van der Waals surface area contributed by atoms with E-state index in [1.54, 1.807) is 12.1 Å². The van der Waals surface area contributed by atoms with Crippen LogP contribution in [0.2, 0.25) is 0 Å². The van der Waals surface area contributed by atoms with E-state index in [-0.39, 0.29) is 29.5 Å². The lowest BCUT2D eigenvalue weighted by molar-refractivity contribution is -0.147. The van der Waals surface area contributed by atoms with Gasteiger partial charge in [-0.1, -0.05) is 18.2 Å². The second-order valence-electron chi connectivity index (χ2n) is 9.23. The number of amides is 1. The molecule has 1 aromatic rings. The molecule has 7 nitrogen and oxygen atoms in total. The monoisotopic (exact) mass is 410 g/mol. The van der Waals surface area contributed by atoms with Crippen LogP contribution in [0.3, 0.4) is 0 Å². The van der Waals surface area contributed by atoms with Gasteiger partial charge in [0.1, 0.15) is 0 Å². The number of carbonyl (C=O) groups is 3. The van der Waals surface area contributed by atoms with Crippen LogP contribution in [0, 0.1) is 17.8 Å². The predicted molar refractivity (Wildman–Crippen MR) is 108 cm³/mol. The quantitative estimate of drug-likeness (QED) is 0.553. The molecule has 0 unspecified atom stereocenters. The standard InChI is InChI=1S/C23H26N2O5/c26-18-12-29-21(24-17-4-2-1-3-5-17)20(18)22(28)30-13-19(27)25-23-9-14-6-15(10-23)8-16(7-14)11-23/h1-5,14-16,24H,6-13H2,(H,25,27). The van der Waals surface area contributed by atoms with Gasteiger partial charge in [0.2, 0.25) is 11.7 Å². The third-order valence-corrected chi connectivity index (χ3v) is 6.87. The molecule has 4 aliphatic carbocycles. The summed E-state index contributed by atoms with van der Waals surface area (Å²) in [5, 5.41) is 6.10. The van der Waals surface area contributed by atoms with Crippen molar-refractivity contribution in [3.63, 3.8) is 0 Å². The molecule has 0 spiro atoms. The average molecular weight is 410 g/mol. The Hall–Kier alpha value is -2.83. The van der Waals surface area contributed by atoms with Crippen LogP contribution in [0.5, 0.6) is 0 Å². The maximum absolute atomic E-state index is 12.6. The summed E-state index contributed by atoms with van der Waals surface area (Å²) < 4.78 is 10.5. The largest absolute Gasteiger partial charge is 0.470 e. The van der Waals surface area contributed by atoms with Crippen molar-refractivity contribution in [2.45, 2.75) is 44.1 Å². The van der Waals surface area contributed by atoms with E-state index in [2.05, 4.69) is 10.6 Å². The van der Waals surface area contributed by atoms with Crippen molar-refractivity contribution in [2.24, 2.45) is 17.8 Å². The molecule has 0 radical (unpaired) electrons. The van der Waals surface area contributed by atoms with Crippen molar-refractivity contribution in [2.75, 3.05) is 18.5 Å². The number of rotatable bonds is 6. The summed E-state index contributed by atoms with van der Waals surface area (Å²) in [6.45, 7) is -0.616. The maximum atomic E-state index is 12.6. The molecule has 4 bridgehead atoms. The second kappa shape index (κ2) is 7.45. The molecule has 6 rings (SSSR count). The first-order chi connectivity index (χ1) is 14.5. The van der Waals surface area contributed by atoms with Crippen molar-refractivity contribution < 1.29 is 23.9 Å². The van der Waals surface area contributed by atoms with Crippen LogP contribution in [0.25, 0.3) is 0 Å². The fourth-order valence-electron chi connectivity index (χ4n) is 6.17. The van der Waals surface area contributed by atoms with Gasteiger partial charge in [-0.05, 0) is 68.4 Å². The number of ketones is 1. The topological polar surface area (TPSA) is 93.7 Å². The van der Waals surface area contributed by atoms with Crippen LogP contribution in [0.4, 0.5) is 5.69 Å². The number of hydrogen-bond donors (Lipinski definition) is 2. The second-order valence-corrected chi connectivity index (χ2v) is 9.23. The fraction of sp³-hybridized carbons (Fsp3) is 0.522. The minimum Gasteiger partial charge on any atom is -0.470 e. The van der Waals surface area contributed by atoms with Crippen molar-refractivity contribution in [3.05, 3.63) is 41.8 Å². The van der Waals surface area contributed by atoms with Gasteiger partial charge in [0.05, 0.1) is 0 Å². The van der Waals surface area contributed by atoms with E-state index in [4.69, 9.17) is 9.47 Å².